The molecule has 0 radical (unpaired) electrons. The highest BCUT2D eigenvalue weighted by molar-refractivity contribution is 5.67. The molecular formula is C15H21FN2O2. The van der Waals surface area contributed by atoms with Crippen molar-refractivity contribution in [1.82, 2.24) is 4.90 Å². The Labute approximate surface area is 118 Å². The van der Waals surface area contributed by atoms with E-state index in [1.54, 1.807) is 4.90 Å². The molecule has 0 aliphatic carbocycles. The fourth-order valence-electron chi connectivity index (χ4n) is 2.47. The molecule has 2 unspecified atom stereocenters. The van der Waals surface area contributed by atoms with Gasteiger partial charge in [0.05, 0.1) is 0 Å². The number of benzene rings is 1. The fourth-order valence-corrected chi connectivity index (χ4v) is 2.47. The van der Waals surface area contributed by atoms with E-state index in [2.05, 4.69) is 0 Å². The van der Waals surface area contributed by atoms with Crippen LogP contribution in [0, 0.1) is 5.92 Å². The largest absolute Gasteiger partial charge is 0.445 e. The summed E-state index contributed by atoms with van der Waals surface area (Å²) >= 11 is 0. The number of rotatable bonds is 4. The molecular weight excluding hydrogens is 259 g/mol. The van der Waals surface area contributed by atoms with E-state index >= 15 is 0 Å². The van der Waals surface area contributed by atoms with E-state index in [-0.39, 0.29) is 18.6 Å². The van der Waals surface area contributed by atoms with Crippen molar-refractivity contribution >= 4 is 6.09 Å². The number of nitrogens with two attached hydrogens (primary N) is 1. The Morgan fingerprint density at radius 3 is 2.85 bits per heavy atom. The van der Waals surface area contributed by atoms with Crippen LogP contribution in [0.25, 0.3) is 0 Å². The third-order valence-electron chi connectivity index (χ3n) is 3.64. The maximum absolute atomic E-state index is 13.7. The first-order chi connectivity index (χ1) is 9.70. The number of hydrogen-bond acceptors (Lipinski definition) is 3. The van der Waals surface area contributed by atoms with Crippen LogP contribution in [0.15, 0.2) is 30.3 Å². The van der Waals surface area contributed by atoms with Crippen molar-refractivity contribution in [1.29, 1.82) is 0 Å². The molecule has 1 fully saturated rings. The monoisotopic (exact) mass is 280 g/mol. The van der Waals surface area contributed by atoms with Crippen LogP contribution in [-0.4, -0.2) is 36.8 Å². The zero-order chi connectivity index (χ0) is 14.4. The van der Waals surface area contributed by atoms with Crippen molar-refractivity contribution in [3.8, 4) is 0 Å². The van der Waals surface area contributed by atoms with Gasteiger partial charge < -0.3 is 15.4 Å². The molecule has 1 aliphatic rings. The maximum Gasteiger partial charge on any atom is 0.410 e. The Balaban J connectivity index is 1.83. The number of piperidine rings is 1. The van der Waals surface area contributed by atoms with Crippen molar-refractivity contribution in [2.75, 3.05) is 19.6 Å². The van der Waals surface area contributed by atoms with Crippen molar-refractivity contribution in [3.63, 3.8) is 0 Å². The Bertz CT molecular complexity index is 427. The highest BCUT2D eigenvalue weighted by atomic mass is 19.1. The number of carbonyl (C=O) groups excluding carboxylic acids is 1. The first kappa shape index (κ1) is 14.8. The van der Waals surface area contributed by atoms with Gasteiger partial charge in [-0.25, -0.2) is 9.18 Å². The number of alkyl halides is 1. The van der Waals surface area contributed by atoms with Crippen LogP contribution in [0.2, 0.25) is 0 Å². The fraction of sp³-hybridized carbons (Fsp3) is 0.533. The molecule has 1 aromatic carbocycles. The van der Waals surface area contributed by atoms with Crippen LogP contribution in [-0.2, 0) is 11.3 Å². The molecule has 1 amide bonds. The summed E-state index contributed by atoms with van der Waals surface area (Å²) in [6.07, 6.45) is -0.270. The van der Waals surface area contributed by atoms with Crippen LogP contribution < -0.4 is 5.73 Å². The molecule has 0 spiro atoms. The molecule has 1 saturated heterocycles. The summed E-state index contributed by atoms with van der Waals surface area (Å²) < 4.78 is 19.0. The molecule has 2 rings (SSSR count). The number of carbonyl (C=O) groups is 1. The van der Waals surface area contributed by atoms with E-state index in [9.17, 15) is 9.18 Å². The standard InChI is InChI=1S/C15H21FN2O2/c16-14-7-9-18(10-13(14)6-8-17)15(19)20-11-12-4-2-1-3-5-12/h1-5,13-14H,6-11,17H2. The van der Waals surface area contributed by atoms with Gasteiger partial charge in [-0.05, 0) is 24.9 Å². The van der Waals surface area contributed by atoms with Crippen LogP contribution in [0.4, 0.5) is 9.18 Å². The van der Waals surface area contributed by atoms with E-state index in [4.69, 9.17) is 10.5 Å². The zero-order valence-corrected chi connectivity index (χ0v) is 11.5. The minimum absolute atomic E-state index is 0.168. The van der Waals surface area contributed by atoms with Gasteiger partial charge in [-0.1, -0.05) is 30.3 Å². The minimum Gasteiger partial charge on any atom is -0.445 e. The third-order valence-corrected chi connectivity index (χ3v) is 3.64. The summed E-state index contributed by atoms with van der Waals surface area (Å²) in [6, 6.07) is 9.51. The molecule has 0 bridgehead atoms. The van der Waals surface area contributed by atoms with Crippen molar-refractivity contribution < 1.29 is 13.9 Å². The molecule has 2 atom stereocenters. The van der Waals surface area contributed by atoms with E-state index in [1.165, 1.54) is 0 Å². The van der Waals surface area contributed by atoms with E-state index in [0.717, 1.165) is 5.56 Å². The van der Waals surface area contributed by atoms with Crippen LogP contribution in [0.3, 0.4) is 0 Å². The Morgan fingerprint density at radius 1 is 1.40 bits per heavy atom. The number of hydrogen-bond donors (Lipinski definition) is 1. The lowest BCUT2D eigenvalue weighted by molar-refractivity contribution is 0.0522. The second kappa shape index (κ2) is 7.24. The molecule has 0 aromatic heterocycles. The van der Waals surface area contributed by atoms with Crippen molar-refractivity contribution in [3.05, 3.63) is 35.9 Å². The van der Waals surface area contributed by atoms with E-state index in [0.29, 0.717) is 32.5 Å². The first-order valence-electron chi connectivity index (χ1n) is 7.00. The van der Waals surface area contributed by atoms with Gasteiger partial charge in [0.2, 0.25) is 0 Å². The number of halogens is 1. The summed E-state index contributed by atoms with van der Waals surface area (Å²) in [7, 11) is 0. The van der Waals surface area contributed by atoms with Gasteiger partial charge in [0.15, 0.2) is 0 Å². The minimum atomic E-state index is -0.864. The first-order valence-corrected chi connectivity index (χ1v) is 7.00. The Kier molecular flexibility index (Phi) is 5.35. The number of ether oxygens (including phenoxy) is 1. The second-order valence-electron chi connectivity index (χ2n) is 5.13. The topological polar surface area (TPSA) is 55.6 Å². The molecule has 1 aliphatic heterocycles. The van der Waals surface area contributed by atoms with Gasteiger partial charge in [0, 0.05) is 19.0 Å². The van der Waals surface area contributed by atoms with Crippen molar-refractivity contribution in [2.45, 2.75) is 25.6 Å². The molecule has 0 saturated carbocycles. The molecule has 110 valence electrons. The average molecular weight is 280 g/mol. The predicted octanol–water partition coefficient (Wildman–Crippen LogP) is 2.33. The quantitative estimate of drug-likeness (QED) is 0.921. The number of amides is 1. The number of nitrogens with zero attached hydrogens (tertiary/aromatic N) is 1. The summed E-state index contributed by atoms with van der Waals surface area (Å²) in [5.41, 5.74) is 6.42. The van der Waals surface area contributed by atoms with Crippen molar-refractivity contribution in [2.24, 2.45) is 11.7 Å². The third kappa shape index (κ3) is 3.93. The van der Waals surface area contributed by atoms with Gasteiger partial charge in [-0.3, -0.25) is 0 Å². The summed E-state index contributed by atoms with van der Waals surface area (Å²) in [5, 5.41) is 0. The van der Waals surface area contributed by atoms with Crippen LogP contribution in [0.5, 0.6) is 0 Å². The van der Waals surface area contributed by atoms with E-state index < -0.39 is 6.17 Å². The number of likely N-dealkylation sites (tertiary alicyclic amines) is 1. The average Bonchev–Trinajstić information content (AvgIpc) is 2.48. The normalized spacial score (nSPS) is 22.6. The van der Waals surface area contributed by atoms with Gasteiger partial charge in [0.25, 0.3) is 0 Å². The summed E-state index contributed by atoms with van der Waals surface area (Å²) in [4.78, 5) is 13.6. The highest BCUT2D eigenvalue weighted by Gasteiger charge is 2.31. The smallest absolute Gasteiger partial charge is 0.410 e. The summed E-state index contributed by atoms with van der Waals surface area (Å²) in [6.45, 7) is 1.50. The van der Waals surface area contributed by atoms with Crippen LogP contribution >= 0.6 is 0 Å². The lowest BCUT2D eigenvalue weighted by Gasteiger charge is -2.34. The van der Waals surface area contributed by atoms with Gasteiger partial charge >= 0.3 is 6.09 Å². The Hall–Kier alpha value is -1.62. The zero-order valence-electron chi connectivity index (χ0n) is 11.5. The van der Waals surface area contributed by atoms with E-state index in [1.807, 2.05) is 30.3 Å². The molecule has 5 heteroatoms. The van der Waals surface area contributed by atoms with Gasteiger partial charge in [-0.2, -0.15) is 0 Å². The van der Waals surface area contributed by atoms with Gasteiger partial charge in [0.1, 0.15) is 12.8 Å². The Morgan fingerprint density at radius 2 is 2.15 bits per heavy atom. The van der Waals surface area contributed by atoms with Crippen LogP contribution in [0.1, 0.15) is 18.4 Å². The highest BCUT2D eigenvalue weighted by Crippen LogP contribution is 2.23. The second-order valence-corrected chi connectivity index (χ2v) is 5.13. The summed E-state index contributed by atoms with van der Waals surface area (Å²) in [5.74, 6) is -0.168. The molecule has 20 heavy (non-hydrogen) atoms. The maximum atomic E-state index is 13.7. The predicted molar refractivity (Wildman–Crippen MR) is 74.9 cm³/mol. The lowest BCUT2D eigenvalue weighted by atomic mass is 9.93. The lowest BCUT2D eigenvalue weighted by Crippen LogP contribution is -2.45. The van der Waals surface area contributed by atoms with Gasteiger partial charge in [-0.15, -0.1) is 0 Å². The molecule has 1 aromatic rings. The molecule has 2 N–H and O–H groups in total. The molecule has 1 heterocycles. The molecule has 4 nitrogen and oxygen atoms in total. The SMILES string of the molecule is NCCC1CN(C(=O)OCc2ccccc2)CCC1F.